The number of benzene rings is 1. The van der Waals surface area contributed by atoms with Gasteiger partial charge in [0.05, 0.1) is 35.0 Å². The first-order chi connectivity index (χ1) is 10.2. The van der Waals surface area contributed by atoms with Crippen molar-refractivity contribution >= 4 is 40.7 Å². The zero-order chi connectivity index (χ0) is 14.7. The Kier molecular flexibility index (Phi) is 4.80. The normalized spacial score (nSPS) is 15.2. The van der Waals surface area contributed by atoms with Gasteiger partial charge in [-0.3, -0.25) is 0 Å². The second-order valence-electron chi connectivity index (χ2n) is 4.53. The highest BCUT2D eigenvalue weighted by molar-refractivity contribution is 6.99. The fraction of sp³-hybridized carbons (Fsp3) is 0.385. The number of morpholine rings is 1. The molecule has 0 N–H and O–H groups in total. The summed E-state index contributed by atoms with van der Waals surface area (Å²) in [6.45, 7) is 3.37. The van der Waals surface area contributed by atoms with Crippen LogP contribution in [-0.4, -0.2) is 35.1 Å². The molecule has 0 amide bonds. The van der Waals surface area contributed by atoms with E-state index in [1.165, 1.54) is 0 Å². The fourth-order valence-corrected chi connectivity index (χ4v) is 2.86. The van der Waals surface area contributed by atoms with Gasteiger partial charge in [-0.25, -0.2) is 0 Å². The maximum Gasteiger partial charge on any atom is 0.271 e. The third kappa shape index (κ3) is 3.58. The molecule has 3 rings (SSSR count). The molecule has 1 aliphatic heterocycles. The summed E-state index contributed by atoms with van der Waals surface area (Å²) in [4.78, 5) is 2.12. The molecule has 1 aromatic carbocycles. The first-order valence-electron chi connectivity index (χ1n) is 6.46. The lowest BCUT2D eigenvalue weighted by molar-refractivity contribution is 0.122. The van der Waals surface area contributed by atoms with E-state index in [1.54, 1.807) is 12.1 Å². The lowest BCUT2D eigenvalue weighted by atomic mass is 10.2. The lowest BCUT2D eigenvalue weighted by Gasteiger charge is -2.26. The molecule has 0 aliphatic carbocycles. The van der Waals surface area contributed by atoms with E-state index in [-0.39, 0.29) is 0 Å². The highest BCUT2D eigenvalue weighted by atomic mass is 35.5. The van der Waals surface area contributed by atoms with Crippen molar-refractivity contribution < 1.29 is 9.47 Å². The zero-order valence-electron chi connectivity index (χ0n) is 11.1. The van der Waals surface area contributed by atoms with Crippen LogP contribution in [0.1, 0.15) is 5.56 Å². The van der Waals surface area contributed by atoms with Crippen LogP contribution in [0.25, 0.3) is 0 Å². The molecule has 0 bridgehead atoms. The van der Waals surface area contributed by atoms with E-state index in [2.05, 4.69) is 13.6 Å². The van der Waals surface area contributed by atoms with E-state index in [1.807, 2.05) is 6.07 Å². The minimum Gasteiger partial charge on any atom is -0.470 e. The van der Waals surface area contributed by atoms with E-state index in [0.717, 1.165) is 36.2 Å². The van der Waals surface area contributed by atoms with Crippen molar-refractivity contribution in [3.05, 3.63) is 33.8 Å². The molecule has 2 heterocycles. The highest BCUT2D eigenvalue weighted by Crippen LogP contribution is 2.28. The van der Waals surface area contributed by atoms with Gasteiger partial charge in [-0.15, -0.1) is 4.37 Å². The molecule has 21 heavy (non-hydrogen) atoms. The molecule has 1 aromatic heterocycles. The predicted octanol–water partition coefficient (Wildman–Crippen LogP) is 3.26. The zero-order valence-corrected chi connectivity index (χ0v) is 13.4. The Bertz CT molecular complexity index is 617. The molecule has 1 fully saturated rings. The molecule has 112 valence electrons. The molecule has 8 heteroatoms. The van der Waals surface area contributed by atoms with Crippen molar-refractivity contribution in [2.75, 3.05) is 31.2 Å². The minimum absolute atomic E-state index is 0.375. The van der Waals surface area contributed by atoms with Gasteiger partial charge >= 0.3 is 0 Å². The van der Waals surface area contributed by atoms with Crippen molar-refractivity contribution in [1.29, 1.82) is 0 Å². The van der Waals surface area contributed by atoms with Gasteiger partial charge < -0.3 is 14.4 Å². The lowest BCUT2D eigenvalue weighted by Crippen LogP contribution is -2.36. The molecule has 0 radical (unpaired) electrons. The van der Waals surface area contributed by atoms with Crippen LogP contribution in [-0.2, 0) is 11.3 Å². The summed E-state index contributed by atoms with van der Waals surface area (Å²) in [5.74, 6) is 1.33. The maximum atomic E-state index is 5.99. The summed E-state index contributed by atoms with van der Waals surface area (Å²) >= 11 is 13.0. The maximum absolute atomic E-state index is 5.99. The molecule has 2 aromatic rings. The Hall–Kier alpha value is -1.08. The predicted molar refractivity (Wildman–Crippen MR) is 83.7 cm³/mol. The van der Waals surface area contributed by atoms with Gasteiger partial charge in [0.15, 0.2) is 0 Å². The van der Waals surface area contributed by atoms with E-state index >= 15 is 0 Å². The van der Waals surface area contributed by atoms with Crippen LogP contribution in [0.4, 0.5) is 5.82 Å². The quantitative estimate of drug-likeness (QED) is 0.850. The topological polar surface area (TPSA) is 47.5 Å². The highest BCUT2D eigenvalue weighted by Gasteiger charge is 2.19. The smallest absolute Gasteiger partial charge is 0.271 e. The van der Waals surface area contributed by atoms with E-state index in [9.17, 15) is 0 Å². The van der Waals surface area contributed by atoms with Gasteiger partial charge in [-0.05, 0) is 17.7 Å². The Morgan fingerprint density at radius 3 is 2.76 bits per heavy atom. The van der Waals surface area contributed by atoms with Crippen LogP contribution in [0, 0.1) is 0 Å². The van der Waals surface area contributed by atoms with Gasteiger partial charge in [-0.1, -0.05) is 29.3 Å². The van der Waals surface area contributed by atoms with Gasteiger partial charge in [0.2, 0.25) is 5.82 Å². The Labute approximate surface area is 136 Å². The van der Waals surface area contributed by atoms with Crippen LogP contribution in [0.3, 0.4) is 0 Å². The van der Waals surface area contributed by atoms with Gasteiger partial charge in [0, 0.05) is 13.1 Å². The van der Waals surface area contributed by atoms with Gasteiger partial charge in [0.1, 0.15) is 6.61 Å². The van der Waals surface area contributed by atoms with Crippen molar-refractivity contribution in [3.63, 3.8) is 0 Å². The summed E-state index contributed by atoms with van der Waals surface area (Å²) in [7, 11) is 0. The Morgan fingerprint density at radius 1 is 1.19 bits per heavy atom. The van der Waals surface area contributed by atoms with Crippen molar-refractivity contribution in [2.45, 2.75) is 6.61 Å². The largest absolute Gasteiger partial charge is 0.470 e. The molecule has 1 aliphatic rings. The molecule has 1 saturated heterocycles. The first-order valence-corrected chi connectivity index (χ1v) is 7.94. The number of halogens is 2. The second-order valence-corrected chi connectivity index (χ2v) is 5.87. The number of ether oxygens (including phenoxy) is 2. The van der Waals surface area contributed by atoms with E-state index in [4.69, 9.17) is 32.7 Å². The van der Waals surface area contributed by atoms with Gasteiger partial charge in [-0.2, -0.15) is 4.37 Å². The number of nitrogens with zero attached hydrogens (tertiary/aromatic N) is 3. The Balaban J connectivity index is 1.67. The van der Waals surface area contributed by atoms with Crippen molar-refractivity contribution in [2.24, 2.45) is 0 Å². The third-order valence-corrected chi connectivity index (χ3v) is 4.35. The summed E-state index contributed by atoms with van der Waals surface area (Å²) < 4.78 is 19.6. The number of aromatic nitrogens is 2. The molecular formula is C13H13Cl2N3O2S. The standard InChI is InChI=1S/C13H13Cl2N3O2S/c14-10-2-1-9(7-11(10)15)8-20-13-12(16-21-17-13)18-3-5-19-6-4-18/h1-2,7H,3-6,8H2. The second kappa shape index (κ2) is 6.79. The molecule has 5 nitrogen and oxygen atoms in total. The third-order valence-electron chi connectivity index (χ3n) is 3.11. The first kappa shape index (κ1) is 14.8. The number of rotatable bonds is 4. The molecule has 0 unspecified atom stereocenters. The van der Waals surface area contributed by atoms with Crippen LogP contribution in [0.15, 0.2) is 18.2 Å². The van der Waals surface area contributed by atoms with E-state index < -0.39 is 0 Å². The molecule has 0 spiro atoms. The number of hydrogen-bond donors (Lipinski definition) is 0. The van der Waals surface area contributed by atoms with E-state index in [0.29, 0.717) is 35.7 Å². The van der Waals surface area contributed by atoms with Crippen LogP contribution in [0.2, 0.25) is 10.0 Å². The fourth-order valence-electron chi connectivity index (χ4n) is 2.02. The minimum atomic E-state index is 0.375. The van der Waals surface area contributed by atoms with Gasteiger partial charge in [0.25, 0.3) is 5.88 Å². The monoisotopic (exact) mass is 345 g/mol. The molecular weight excluding hydrogens is 333 g/mol. The Morgan fingerprint density at radius 2 is 2.00 bits per heavy atom. The number of anilines is 1. The molecule has 0 atom stereocenters. The summed E-state index contributed by atoms with van der Waals surface area (Å²) in [6.07, 6.45) is 0. The summed E-state index contributed by atoms with van der Waals surface area (Å²) in [6, 6.07) is 5.42. The average molecular weight is 346 g/mol. The van der Waals surface area contributed by atoms with Crippen LogP contribution in [0.5, 0.6) is 5.88 Å². The average Bonchev–Trinajstić information content (AvgIpc) is 2.98. The van der Waals surface area contributed by atoms with Crippen molar-refractivity contribution in [1.82, 2.24) is 8.75 Å². The van der Waals surface area contributed by atoms with Crippen LogP contribution >= 0.6 is 34.9 Å². The summed E-state index contributed by atoms with van der Waals surface area (Å²) in [5.41, 5.74) is 0.935. The molecule has 0 saturated carbocycles. The van der Waals surface area contributed by atoms with Crippen molar-refractivity contribution in [3.8, 4) is 5.88 Å². The summed E-state index contributed by atoms with van der Waals surface area (Å²) in [5, 5.41) is 1.05. The SMILES string of the molecule is Clc1ccc(COc2nsnc2N2CCOCC2)cc1Cl. The van der Waals surface area contributed by atoms with Crippen LogP contribution < -0.4 is 9.64 Å². The number of hydrogen-bond acceptors (Lipinski definition) is 6.